The van der Waals surface area contributed by atoms with E-state index in [1.807, 2.05) is 0 Å². The van der Waals surface area contributed by atoms with E-state index in [4.69, 9.17) is 10.2 Å². The molecule has 5 heterocycles. The molecule has 2 fully saturated rings. The van der Waals surface area contributed by atoms with Crippen molar-refractivity contribution in [2.45, 2.75) is 19.4 Å². The zero-order chi connectivity index (χ0) is 21.8. The van der Waals surface area contributed by atoms with Crippen LogP contribution in [-0.4, -0.2) is 77.8 Å². The Kier molecular flexibility index (Phi) is 4.54. The molecule has 32 heavy (non-hydrogen) atoms. The predicted molar refractivity (Wildman–Crippen MR) is 119 cm³/mol. The summed E-state index contributed by atoms with van der Waals surface area (Å²) < 4.78 is 10.1. The largest absolute Gasteiger partial charge is 0.461 e. The second-order valence-corrected chi connectivity index (χ2v) is 8.87. The molecular weight excluding hydrogens is 410 g/mol. The minimum absolute atomic E-state index is 0.130. The van der Waals surface area contributed by atoms with Gasteiger partial charge in [0, 0.05) is 52.9 Å². The first-order valence-corrected chi connectivity index (χ1v) is 11.2. The molecular formula is C21H27N9O2. The monoisotopic (exact) mass is 437 g/mol. The highest BCUT2D eigenvalue weighted by atomic mass is 16.3. The van der Waals surface area contributed by atoms with Crippen LogP contribution >= 0.6 is 0 Å². The Morgan fingerprint density at radius 3 is 2.59 bits per heavy atom. The van der Waals surface area contributed by atoms with Gasteiger partial charge in [0.2, 0.25) is 11.8 Å². The second kappa shape index (κ2) is 7.45. The van der Waals surface area contributed by atoms with Crippen LogP contribution in [0.25, 0.3) is 28.4 Å². The highest BCUT2D eigenvalue weighted by Crippen LogP contribution is 2.30. The summed E-state index contributed by atoms with van der Waals surface area (Å²) in [6, 6.07) is 3.56. The van der Waals surface area contributed by atoms with Gasteiger partial charge in [-0.2, -0.15) is 9.50 Å². The van der Waals surface area contributed by atoms with Crippen LogP contribution in [0.4, 0.5) is 5.95 Å². The summed E-state index contributed by atoms with van der Waals surface area (Å²) in [6.45, 7) is 6.86. The third kappa shape index (κ3) is 3.28. The molecule has 168 valence electrons. The first-order valence-electron chi connectivity index (χ1n) is 11.2. The molecule has 4 aromatic heterocycles. The third-order valence-corrected chi connectivity index (χ3v) is 6.64. The predicted octanol–water partition coefficient (Wildman–Crippen LogP) is 0.648. The number of fused-ring (bicyclic) bond motifs is 3. The molecule has 0 amide bonds. The Balaban J connectivity index is 1.28. The van der Waals surface area contributed by atoms with E-state index in [-0.39, 0.29) is 11.6 Å². The summed E-state index contributed by atoms with van der Waals surface area (Å²) in [6.07, 6.45) is 4.35. The summed E-state index contributed by atoms with van der Waals surface area (Å²) in [5.74, 6) is 2.05. The molecule has 2 N–H and O–H groups in total. The summed E-state index contributed by atoms with van der Waals surface area (Å²) in [4.78, 5) is 27.2. The average molecular weight is 438 g/mol. The van der Waals surface area contributed by atoms with Crippen molar-refractivity contribution in [1.82, 2.24) is 38.5 Å². The van der Waals surface area contributed by atoms with Crippen molar-refractivity contribution in [1.29, 1.82) is 0 Å². The van der Waals surface area contributed by atoms with Crippen LogP contribution in [0.2, 0.25) is 0 Å². The fourth-order valence-electron chi connectivity index (χ4n) is 4.60. The number of piperazine rings is 1. The highest BCUT2D eigenvalue weighted by molar-refractivity contribution is 5.88. The number of aromatic nitrogens is 6. The Bertz CT molecular complexity index is 1320. The Labute approximate surface area is 184 Å². The molecule has 1 saturated heterocycles. The molecule has 0 spiro atoms. The van der Waals surface area contributed by atoms with E-state index in [0.717, 1.165) is 38.6 Å². The van der Waals surface area contributed by atoms with Crippen molar-refractivity contribution in [2.75, 3.05) is 45.0 Å². The van der Waals surface area contributed by atoms with E-state index >= 15 is 0 Å². The van der Waals surface area contributed by atoms with Gasteiger partial charge >= 0.3 is 5.69 Å². The summed E-state index contributed by atoms with van der Waals surface area (Å²) in [5, 5.41) is 4.42. The van der Waals surface area contributed by atoms with Crippen LogP contribution in [0.1, 0.15) is 12.8 Å². The summed E-state index contributed by atoms with van der Waals surface area (Å²) in [7, 11) is 1.73. The van der Waals surface area contributed by atoms with Crippen molar-refractivity contribution in [3.63, 3.8) is 0 Å². The number of hydrogen-bond acceptors (Lipinski definition) is 8. The fourth-order valence-corrected chi connectivity index (χ4v) is 4.60. The molecule has 11 nitrogen and oxygen atoms in total. The first kappa shape index (κ1) is 19.5. The number of nitrogens with two attached hydrogens (primary N) is 1. The number of rotatable bonds is 6. The summed E-state index contributed by atoms with van der Waals surface area (Å²) >= 11 is 0. The number of imidazole rings is 1. The van der Waals surface area contributed by atoms with Crippen LogP contribution in [0.5, 0.6) is 0 Å². The van der Waals surface area contributed by atoms with Gasteiger partial charge in [0.1, 0.15) is 5.52 Å². The molecule has 11 heteroatoms. The van der Waals surface area contributed by atoms with Crippen LogP contribution in [0, 0.1) is 5.92 Å². The topological polar surface area (TPSA) is 116 Å². The zero-order valence-electron chi connectivity index (χ0n) is 18.1. The minimum atomic E-state index is -0.130. The van der Waals surface area contributed by atoms with E-state index in [9.17, 15) is 4.79 Å². The van der Waals surface area contributed by atoms with Gasteiger partial charge in [-0.05, 0) is 30.9 Å². The minimum Gasteiger partial charge on any atom is -0.461 e. The highest BCUT2D eigenvalue weighted by Gasteiger charge is 2.27. The zero-order valence-corrected chi connectivity index (χ0v) is 18.1. The average Bonchev–Trinajstić information content (AvgIpc) is 3.18. The molecule has 1 saturated carbocycles. The third-order valence-electron chi connectivity index (χ3n) is 6.64. The van der Waals surface area contributed by atoms with E-state index in [1.54, 1.807) is 34.6 Å². The number of hydrogen-bond donors (Lipinski definition) is 1. The van der Waals surface area contributed by atoms with Gasteiger partial charge < -0.3 is 15.1 Å². The maximum absolute atomic E-state index is 13.1. The molecule has 0 unspecified atom stereocenters. The van der Waals surface area contributed by atoms with Gasteiger partial charge in [-0.25, -0.2) is 9.78 Å². The second-order valence-electron chi connectivity index (χ2n) is 8.87. The van der Waals surface area contributed by atoms with E-state index < -0.39 is 0 Å². The first-order chi connectivity index (χ1) is 15.6. The van der Waals surface area contributed by atoms with Gasteiger partial charge in [0.25, 0.3) is 0 Å². The van der Waals surface area contributed by atoms with Crippen molar-refractivity contribution in [2.24, 2.45) is 13.0 Å². The van der Waals surface area contributed by atoms with Gasteiger partial charge in [-0.15, -0.1) is 5.10 Å². The van der Waals surface area contributed by atoms with Crippen molar-refractivity contribution in [3.05, 3.63) is 28.9 Å². The standard InChI is InChI=1S/C21H27N9O2/c1-26-16-18(24-20(22)30-19(16)23-17(25-30)15-3-2-12-32-15)29(21(26)31)11-10-27-6-8-28(9-7-27)13-14-4-5-14/h2-3,12,14H,4-11,13H2,1H3,(H2,22,24). The quantitative estimate of drug-likeness (QED) is 0.467. The lowest BCUT2D eigenvalue weighted by molar-refractivity contribution is 0.125. The Hall–Kier alpha value is -3.18. The van der Waals surface area contributed by atoms with Crippen LogP contribution in [0.3, 0.4) is 0 Å². The number of anilines is 1. The molecule has 1 aliphatic heterocycles. The molecule has 0 aromatic carbocycles. The molecule has 0 atom stereocenters. The van der Waals surface area contributed by atoms with Crippen molar-refractivity contribution < 1.29 is 4.42 Å². The maximum Gasteiger partial charge on any atom is 0.330 e. The number of aryl methyl sites for hydroxylation is 1. The lowest BCUT2D eigenvalue weighted by Gasteiger charge is -2.34. The molecule has 4 aromatic rings. The van der Waals surface area contributed by atoms with E-state index in [1.165, 1.54) is 23.9 Å². The van der Waals surface area contributed by atoms with Crippen molar-refractivity contribution in [3.8, 4) is 11.6 Å². The molecule has 0 bridgehead atoms. The molecule has 1 aliphatic carbocycles. The molecule has 0 radical (unpaired) electrons. The van der Waals surface area contributed by atoms with Gasteiger partial charge in [-0.1, -0.05) is 0 Å². The Morgan fingerprint density at radius 1 is 1.09 bits per heavy atom. The smallest absolute Gasteiger partial charge is 0.330 e. The molecule has 6 rings (SSSR count). The SMILES string of the molecule is Cn1c(=O)n(CCN2CCN(CC3CC3)CC2)c2nc(N)n3nc(-c4ccco4)nc3c21. The lowest BCUT2D eigenvalue weighted by atomic mass is 10.3. The lowest BCUT2D eigenvalue weighted by Crippen LogP contribution is -2.48. The number of nitrogen functional groups attached to an aromatic ring is 1. The maximum atomic E-state index is 13.1. The molecule has 2 aliphatic rings. The van der Waals surface area contributed by atoms with Crippen LogP contribution < -0.4 is 11.4 Å². The summed E-state index contributed by atoms with van der Waals surface area (Å²) in [5.41, 5.74) is 7.71. The normalized spacial score (nSPS) is 18.3. The fraction of sp³-hybridized carbons (Fsp3) is 0.524. The van der Waals surface area contributed by atoms with Gasteiger partial charge in [-0.3, -0.25) is 14.0 Å². The van der Waals surface area contributed by atoms with Gasteiger partial charge in [0.05, 0.1) is 6.26 Å². The van der Waals surface area contributed by atoms with Crippen LogP contribution in [0.15, 0.2) is 27.6 Å². The number of furan rings is 1. The van der Waals surface area contributed by atoms with Gasteiger partial charge in [0.15, 0.2) is 17.1 Å². The number of nitrogens with zero attached hydrogens (tertiary/aromatic N) is 8. The van der Waals surface area contributed by atoms with Crippen molar-refractivity contribution >= 4 is 22.8 Å². The van der Waals surface area contributed by atoms with E-state index in [2.05, 4.69) is 24.9 Å². The van der Waals surface area contributed by atoms with Crippen LogP contribution in [-0.2, 0) is 13.6 Å². The Morgan fingerprint density at radius 2 is 1.88 bits per heavy atom. The van der Waals surface area contributed by atoms with E-state index in [0.29, 0.717) is 34.9 Å².